The van der Waals surface area contributed by atoms with E-state index in [1.54, 1.807) is 12.1 Å². The topological polar surface area (TPSA) is 19.0 Å². The average Bonchev–Trinajstić information content (AvgIpc) is 2.86. The van der Waals surface area contributed by atoms with Crippen LogP contribution in [0.4, 0.5) is 13.2 Å². The molecule has 0 radical (unpaired) electrons. The van der Waals surface area contributed by atoms with Crippen LogP contribution in [0.2, 0.25) is 0 Å². The van der Waals surface area contributed by atoms with E-state index in [9.17, 15) is 13.2 Å². The van der Waals surface area contributed by atoms with E-state index in [-0.39, 0.29) is 18.0 Å². The first-order valence-electron chi connectivity index (χ1n) is 14.5. The van der Waals surface area contributed by atoms with E-state index >= 15 is 0 Å². The van der Waals surface area contributed by atoms with Gasteiger partial charge in [0, 0.05) is 31.7 Å². The third-order valence-corrected chi connectivity index (χ3v) is 7.45. The highest BCUT2D eigenvalue weighted by Crippen LogP contribution is 2.45. The minimum absolute atomic E-state index is 0.0304. The SMILES string of the molecule is CCCN(CCC)C1=C(c2cccc(OC(F)(F)F)c2)N(CCC)C(c2c(C)cccc2C)N(CCC)C1C. The Bertz CT molecular complexity index is 1090. The number of ether oxygens (including phenoxy) is 1. The molecule has 0 fully saturated rings. The zero-order valence-corrected chi connectivity index (χ0v) is 24.7. The van der Waals surface area contributed by atoms with Crippen molar-refractivity contribution >= 4 is 5.70 Å². The first kappa shape index (κ1) is 30.9. The molecule has 0 bridgehead atoms. The highest BCUT2D eigenvalue weighted by atomic mass is 19.4. The van der Waals surface area contributed by atoms with Crippen molar-refractivity contribution in [2.75, 3.05) is 26.2 Å². The lowest BCUT2D eigenvalue weighted by molar-refractivity contribution is -0.274. The molecule has 4 nitrogen and oxygen atoms in total. The summed E-state index contributed by atoms with van der Waals surface area (Å²) < 4.78 is 44.1. The van der Waals surface area contributed by atoms with Crippen LogP contribution in [0.5, 0.6) is 5.75 Å². The van der Waals surface area contributed by atoms with E-state index in [2.05, 4.69) is 86.1 Å². The molecule has 39 heavy (non-hydrogen) atoms. The number of benzene rings is 2. The smallest absolute Gasteiger partial charge is 0.406 e. The fourth-order valence-electron chi connectivity index (χ4n) is 6.08. The molecule has 2 atom stereocenters. The van der Waals surface area contributed by atoms with Gasteiger partial charge in [-0.15, -0.1) is 13.2 Å². The summed E-state index contributed by atoms with van der Waals surface area (Å²) in [6.45, 7) is 18.8. The monoisotopic (exact) mass is 545 g/mol. The number of halogens is 3. The predicted molar refractivity (Wildman–Crippen MR) is 154 cm³/mol. The fourth-order valence-corrected chi connectivity index (χ4v) is 6.08. The van der Waals surface area contributed by atoms with Crippen molar-refractivity contribution in [3.8, 4) is 5.75 Å². The lowest BCUT2D eigenvalue weighted by Gasteiger charge is -2.53. The molecule has 0 aromatic heterocycles. The van der Waals surface area contributed by atoms with Gasteiger partial charge < -0.3 is 14.5 Å². The third kappa shape index (κ3) is 7.10. The Morgan fingerprint density at radius 2 is 1.44 bits per heavy atom. The van der Waals surface area contributed by atoms with E-state index in [1.165, 1.54) is 28.5 Å². The Balaban J connectivity index is 2.39. The molecule has 0 aliphatic carbocycles. The summed E-state index contributed by atoms with van der Waals surface area (Å²) in [6.07, 6.45) is -0.881. The lowest BCUT2D eigenvalue weighted by atomic mass is 9.91. The van der Waals surface area contributed by atoms with Gasteiger partial charge in [-0.2, -0.15) is 0 Å². The largest absolute Gasteiger partial charge is 0.573 e. The van der Waals surface area contributed by atoms with Crippen molar-refractivity contribution in [3.63, 3.8) is 0 Å². The molecule has 0 spiro atoms. The zero-order valence-electron chi connectivity index (χ0n) is 24.7. The van der Waals surface area contributed by atoms with Crippen LogP contribution in [0.3, 0.4) is 0 Å². The molecule has 1 aliphatic heterocycles. The summed E-state index contributed by atoms with van der Waals surface area (Å²) in [6, 6.07) is 13.0. The molecule has 7 heteroatoms. The molecule has 1 heterocycles. The first-order valence-corrected chi connectivity index (χ1v) is 14.5. The molecule has 2 aromatic rings. The van der Waals surface area contributed by atoms with E-state index in [0.29, 0.717) is 0 Å². The van der Waals surface area contributed by atoms with Crippen LogP contribution in [0.25, 0.3) is 5.70 Å². The molecule has 0 N–H and O–H groups in total. The summed E-state index contributed by atoms with van der Waals surface area (Å²) in [5, 5.41) is 0. The number of aryl methyl sites for hydroxylation is 2. The van der Waals surface area contributed by atoms with Crippen LogP contribution >= 0.6 is 0 Å². The molecular formula is C32H46F3N3O. The van der Waals surface area contributed by atoms with Crippen LogP contribution in [0.1, 0.15) is 88.7 Å². The number of hydrogen-bond acceptors (Lipinski definition) is 4. The molecule has 0 saturated carbocycles. The summed E-state index contributed by atoms with van der Waals surface area (Å²) in [7, 11) is 0. The minimum atomic E-state index is -4.74. The van der Waals surface area contributed by atoms with Gasteiger partial charge in [-0.05, 0) is 75.3 Å². The molecule has 2 unspecified atom stereocenters. The van der Waals surface area contributed by atoms with Gasteiger partial charge in [-0.3, -0.25) is 4.90 Å². The summed E-state index contributed by atoms with van der Waals surface area (Å²) >= 11 is 0. The maximum Gasteiger partial charge on any atom is 0.573 e. The Morgan fingerprint density at radius 1 is 0.846 bits per heavy atom. The second-order valence-electron chi connectivity index (χ2n) is 10.6. The van der Waals surface area contributed by atoms with Gasteiger partial charge in [0.05, 0.1) is 17.4 Å². The maximum atomic E-state index is 13.2. The van der Waals surface area contributed by atoms with Crippen molar-refractivity contribution < 1.29 is 17.9 Å². The third-order valence-electron chi connectivity index (χ3n) is 7.45. The van der Waals surface area contributed by atoms with Crippen LogP contribution in [-0.4, -0.2) is 53.3 Å². The van der Waals surface area contributed by atoms with Gasteiger partial charge in [-0.25, -0.2) is 0 Å². The van der Waals surface area contributed by atoms with Gasteiger partial charge in [0.2, 0.25) is 0 Å². The quantitative estimate of drug-likeness (QED) is 0.266. The molecule has 0 amide bonds. The average molecular weight is 546 g/mol. The Kier molecular flexibility index (Phi) is 10.8. The number of alkyl halides is 3. The second-order valence-corrected chi connectivity index (χ2v) is 10.6. The van der Waals surface area contributed by atoms with Gasteiger partial charge in [0.25, 0.3) is 0 Å². The van der Waals surface area contributed by atoms with Crippen LogP contribution in [-0.2, 0) is 0 Å². The van der Waals surface area contributed by atoms with Gasteiger partial charge in [0.15, 0.2) is 0 Å². The van der Waals surface area contributed by atoms with Crippen molar-refractivity contribution in [1.29, 1.82) is 0 Å². The highest BCUT2D eigenvalue weighted by Gasteiger charge is 2.42. The van der Waals surface area contributed by atoms with E-state index in [4.69, 9.17) is 0 Å². The standard InChI is InChI=1S/C32H46F3N3O/c1-8-18-36(19-9-2)29-25(7)37(20-10-3)31(28-23(5)14-12-15-24(28)6)38(21-11-4)30(29)26-16-13-17-27(22-26)39-32(33,34)35/h12-17,22,25,31H,8-11,18-21H2,1-7H3. The van der Waals surface area contributed by atoms with Gasteiger partial charge in [0.1, 0.15) is 11.9 Å². The second kappa shape index (κ2) is 13.6. The number of nitrogens with zero attached hydrogens (tertiary/aromatic N) is 3. The predicted octanol–water partition coefficient (Wildman–Crippen LogP) is 8.52. The van der Waals surface area contributed by atoms with E-state index in [1.807, 2.05) is 6.07 Å². The van der Waals surface area contributed by atoms with Gasteiger partial charge >= 0.3 is 6.36 Å². The molecular weight excluding hydrogens is 499 g/mol. The zero-order chi connectivity index (χ0) is 28.7. The Labute approximate surface area is 233 Å². The molecule has 1 aliphatic rings. The van der Waals surface area contributed by atoms with Crippen molar-refractivity contribution in [1.82, 2.24) is 14.7 Å². The normalized spacial score (nSPS) is 18.6. The maximum absolute atomic E-state index is 13.2. The van der Waals surface area contributed by atoms with Crippen molar-refractivity contribution in [3.05, 3.63) is 70.4 Å². The van der Waals surface area contributed by atoms with Crippen LogP contribution < -0.4 is 4.74 Å². The molecule has 216 valence electrons. The van der Waals surface area contributed by atoms with Crippen LogP contribution in [0, 0.1) is 13.8 Å². The summed E-state index contributed by atoms with van der Waals surface area (Å²) in [5.41, 5.74) is 6.70. The number of hydrogen-bond donors (Lipinski definition) is 0. The van der Waals surface area contributed by atoms with Crippen molar-refractivity contribution in [2.45, 2.75) is 92.7 Å². The Hall–Kier alpha value is -2.67. The Morgan fingerprint density at radius 3 is 1.97 bits per heavy atom. The van der Waals surface area contributed by atoms with Gasteiger partial charge in [-0.1, -0.05) is 58.0 Å². The molecule has 3 rings (SSSR count). The summed E-state index contributed by atoms with van der Waals surface area (Å²) in [4.78, 5) is 7.51. The molecule has 2 aromatic carbocycles. The number of rotatable bonds is 12. The minimum Gasteiger partial charge on any atom is -0.406 e. The highest BCUT2D eigenvalue weighted by molar-refractivity contribution is 5.71. The summed E-state index contributed by atoms with van der Waals surface area (Å²) in [5.74, 6) is -0.187. The fraction of sp³-hybridized carbons (Fsp3) is 0.562. The van der Waals surface area contributed by atoms with E-state index < -0.39 is 6.36 Å². The van der Waals surface area contributed by atoms with Crippen molar-refractivity contribution in [2.24, 2.45) is 0 Å². The van der Waals surface area contributed by atoms with E-state index in [0.717, 1.165) is 63.1 Å². The molecule has 0 saturated heterocycles. The lowest BCUT2D eigenvalue weighted by Crippen LogP contribution is -2.54. The first-order chi connectivity index (χ1) is 18.6. The van der Waals surface area contributed by atoms with Crippen LogP contribution in [0.15, 0.2) is 48.2 Å².